The van der Waals surface area contributed by atoms with E-state index in [4.69, 9.17) is 0 Å². The number of aromatic amines is 1. The Hall–Kier alpha value is -1.81. The first-order valence-corrected chi connectivity index (χ1v) is 7.13. The van der Waals surface area contributed by atoms with E-state index < -0.39 is 0 Å². The predicted molar refractivity (Wildman–Crippen MR) is 81.2 cm³/mol. The molecule has 0 radical (unpaired) electrons. The van der Waals surface area contributed by atoms with Gasteiger partial charge in [-0.2, -0.15) is 0 Å². The summed E-state index contributed by atoms with van der Waals surface area (Å²) in [6.07, 6.45) is 0. The van der Waals surface area contributed by atoms with Crippen LogP contribution in [0.25, 0.3) is 10.9 Å². The highest BCUT2D eigenvalue weighted by molar-refractivity contribution is 6.09. The van der Waals surface area contributed by atoms with E-state index in [0.29, 0.717) is 0 Å². The van der Waals surface area contributed by atoms with Gasteiger partial charge >= 0.3 is 0 Å². The highest BCUT2D eigenvalue weighted by atomic mass is 16.2. The lowest BCUT2D eigenvalue weighted by atomic mass is 10.0. The lowest BCUT2D eigenvalue weighted by Crippen LogP contribution is -2.47. The third kappa shape index (κ3) is 2.10. The van der Waals surface area contributed by atoms with E-state index >= 15 is 0 Å². The van der Waals surface area contributed by atoms with E-state index in [0.717, 1.165) is 53.9 Å². The van der Waals surface area contributed by atoms with Crippen molar-refractivity contribution in [2.75, 3.05) is 33.2 Å². The summed E-state index contributed by atoms with van der Waals surface area (Å²) in [6, 6.07) is 6.13. The number of fused-ring (bicyclic) bond motifs is 1. The molecule has 4 nitrogen and oxygen atoms in total. The van der Waals surface area contributed by atoms with Crippen LogP contribution in [0.5, 0.6) is 0 Å². The van der Waals surface area contributed by atoms with Crippen LogP contribution in [0, 0.1) is 13.8 Å². The zero-order valence-electron chi connectivity index (χ0n) is 12.4. The number of aryl methyl sites for hydroxylation is 2. The van der Waals surface area contributed by atoms with Crippen molar-refractivity contribution in [2.45, 2.75) is 13.8 Å². The van der Waals surface area contributed by atoms with Crippen LogP contribution in [0.2, 0.25) is 0 Å². The third-order valence-corrected chi connectivity index (χ3v) is 4.22. The van der Waals surface area contributed by atoms with Gasteiger partial charge < -0.3 is 14.8 Å². The van der Waals surface area contributed by atoms with Crippen molar-refractivity contribution in [3.05, 3.63) is 35.0 Å². The van der Waals surface area contributed by atoms with E-state index in [1.54, 1.807) is 0 Å². The number of carbonyl (C=O) groups excluding carboxylic acids is 1. The first-order chi connectivity index (χ1) is 9.58. The van der Waals surface area contributed by atoms with Crippen LogP contribution in [0.1, 0.15) is 21.6 Å². The number of nitrogens with zero attached hydrogens (tertiary/aromatic N) is 2. The molecule has 1 aromatic heterocycles. The number of likely N-dealkylation sites (N-methyl/N-ethyl adjacent to an activating group) is 1. The first-order valence-electron chi connectivity index (χ1n) is 7.13. The van der Waals surface area contributed by atoms with Crippen molar-refractivity contribution in [1.29, 1.82) is 0 Å². The van der Waals surface area contributed by atoms with Gasteiger partial charge in [0.05, 0.1) is 5.56 Å². The van der Waals surface area contributed by atoms with Crippen LogP contribution < -0.4 is 0 Å². The number of carbonyl (C=O) groups is 1. The van der Waals surface area contributed by atoms with Gasteiger partial charge in [0.15, 0.2) is 0 Å². The monoisotopic (exact) mass is 271 g/mol. The fourth-order valence-corrected chi connectivity index (χ4v) is 2.99. The van der Waals surface area contributed by atoms with E-state index in [-0.39, 0.29) is 5.91 Å². The van der Waals surface area contributed by atoms with Gasteiger partial charge in [0.2, 0.25) is 0 Å². The number of nitrogens with one attached hydrogen (secondary N) is 1. The number of aromatic nitrogens is 1. The van der Waals surface area contributed by atoms with Crippen molar-refractivity contribution in [1.82, 2.24) is 14.8 Å². The fourth-order valence-electron chi connectivity index (χ4n) is 2.99. The Kier molecular flexibility index (Phi) is 3.26. The Morgan fingerprint density at radius 3 is 2.55 bits per heavy atom. The number of amides is 1. The molecule has 2 heterocycles. The third-order valence-electron chi connectivity index (χ3n) is 4.22. The summed E-state index contributed by atoms with van der Waals surface area (Å²) >= 11 is 0. The average molecular weight is 271 g/mol. The SMILES string of the molecule is Cc1[nH]c2cccc(C)c2c1C(=O)N1CCN(C)CC1. The van der Waals surface area contributed by atoms with Crippen LogP contribution in [0.4, 0.5) is 0 Å². The zero-order valence-corrected chi connectivity index (χ0v) is 12.4. The molecule has 1 fully saturated rings. The van der Waals surface area contributed by atoms with Gasteiger partial charge in [-0.1, -0.05) is 12.1 Å². The lowest BCUT2D eigenvalue weighted by Gasteiger charge is -2.32. The van der Waals surface area contributed by atoms with Gasteiger partial charge in [-0.05, 0) is 32.5 Å². The maximum Gasteiger partial charge on any atom is 0.256 e. The molecular weight excluding hydrogens is 250 g/mol. The highest BCUT2D eigenvalue weighted by Gasteiger charge is 2.25. The number of hydrogen-bond donors (Lipinski definition) is 1. The van der Waals surface area contributed by atoms with Crippen molar-refractivity contribution in [3.63, 3.8) is 0 Å². The minimum absolute atomic E-state index is 0.163. The Bertz CT molecular complexity index is 651. The average Bonchev–Trinajstić information content (AvgIpc) is 2.76. The highest BCUT2D eigenvalue weighted by Crippen LogP contribution is 2.26. The Morgan fingerprint density at radius 2 is 1.85 bits per heavy atom. The molecular formula is C16H21N3O. The van der Waals surface area contributed by atoms with Gasteiger partial charge in [0, 0.05) is 42.8 Å². The van der Waals surface area contributed by atoms with E-state index in [2.05, 4.69) is 29.9 Å². The quantitative estimate of drug-likeness (QED) is 0.863. The van der Waals surface area contributed by atoms with Gasteiger partial charge in [0.25, 0.3) is 5.91 Å². The second-order valence-corrected chi connectivity index (χ2v) is 5.72. The molecule has 1 aromatic carbocycles. The van der Waals surface area contributed by atoms with Crippen LogP contribution in [-0.2, 0) is 0 Å². The minimum atomic E-state index is 0.163. The first kappa shape index (κ1) is 13.2. The normalized spacial score (nSPS) is 16.9. The zero-order chi connectivity index (χ0) is 14.3. The summed E-state index contributed by atoms with van der Waals surface area (Å²) in [6.45, 7) is 7.58. The standard InChI is InChI=1S/C16H21N3O/c1-11-5-4-6-13-14(11)15(12(2)17-13)16(20)19-9-7-18(3)8-10-19/h4-6,17H,7-10H2,1-3H3. The molecule has 1 aliphatic rings. The smallest absolute Gasteiger partial charge is 0.256 e. The van der Waals surface area contributed by atoms with E-state index in [1.807, 2.05) is 24.0 Å². The number of hydrogen-bond acceptors (Lipinski definition) is 2. The van der Waals surface area contributed by atoms with Crippen molar-refractivity contribution >= 4 is 16.8 Å². The molecule has 20 heavy (non-hydrogen) atoms. The summed E-state index contributed by atoms with van der Waals surface area (Å²) < 4.78 is 0. The Morgan fingerprint density at radius 1 is 1.15 bits per heavy atom. The topological polar surface area (TPSA) is 39.3 Å². The summed E-state index contributed by atoms with van der Waals surface area (Å²) in [7, 11) is 2.10. The molecule has 0 saturated carbocycles. The number of H-pyrrole nitrogens is 1. The molecule has 3 rings (SSSR count). The molecule has 1 amide bonds. The van der Waals surface area contributed by atoms with Crippen LogP contribution in [0.15, 0.2) is 18.2 Å². The Labute approximate surface area is 119 Å². The van der Waals surface area contributed by atoms with Crippen molar-refractivity contribution < 1.29 is 4.79 Å². The maximum absolute atomic E-state index is 12.8. The lowest BCUT2D eigenvalue weighted by molar-refractivity contribution is 0.0665. The summed E-state index contributed by atoms with van der Waals surface area (Å²) in [5.74, 6) is 0.163. The second-order valence-electron chi connectivity index (χ2n) is 5.72. The maximum atomic E-state index is 12.8. The molecule has 0 unspecified atom stereocenters. The second kappa shape index (κ2) is 4.94. The molecule has 0 aliphatic carbocycles. The fraction of sp³-hybridized carbons (Fsp3) is 0.438. The molecule has 1 aliphatic heterocycles. The molecule has 4 heteroatoms. The van der Waals surface area contributed by atoms with Crippen molar-refractivity contribution in [2.24, 2.45) is 0 Å². The van der Waals surface area contributed by atoms with Gasteiger partial charge in [-0.25, -0.2) is 0 Å². The molecule has 1 saturated heterocycles. The van der Waals surface area contributed by atoms with E-state index in [9.17, 15) is 4.79 Å². The molecule has 106 valence electrons. The Balaban J connectivity index is 2.01. The van der Waals surface area contributed by atoms with Gasteiger partial charge in [-0.3, -0.25) is 4.79 Å². The van der Waals surface area contributed by atoms with Crippen molar-refractivity contribution in [3.8, 4) is 0 Å². The molecule has 1 N–H and O–H groups in total. The predicted octanol–water partition coefficient (Wildman–Crippen LogP) is 2.17. The summed E-state index contributed by atoms with van der Waals surface area (Å²) in [5.41, 5.74) is 4.03. The summed E-state index contributed by atoms with van der Waals surface area (Å²) in [4.78, 5) is 20.4. The minimum Gasteiger partial charge on any atom is -0.358 e. The van der Waals surface area contributed by atoms with E-state index in [1.165, 1.54) is 0 Å². The van der Waals surface area contributed by atoms with Gasteiger partial charge in [-0.15, -0.1) is 0 Å². The molecule has 0 spiro atoms. The van der Waals surface area contributed by atoms with Crippen LogP contribution in [0.3, 0.4) is 0 Å². The number of rotatable bonds is 1. The molecule has 0 bridgehead atoms. The number of piperazine rings is 1. The van der Waals surface area contributed by atoms with Crippen LogP contribution in [-0.4, -0.2) is 53.9 Å². The molecule has 0 atom stereocenters. The largest absolute Gasteiger partial charge is 0.358 e. The van der Waals surface area contributed by atoms with Crippen LogP contribution >= 0.6 is 0 Å². The van der Waals surface area contributed by atoms with Gasteiger partial charge in [0.1, 0.15) is 0 Å². The molecule has 2 aromatic rings. The summed E-state index contributed by atoms with van der Waals surface area (Å²) in [5, 5.41) is 1.08. The number of benzene rings is 1.